The van der Waals surface area contributed by atoms with Crippen LogP contribution in [0.5, 0.6) is 0 Å². The van der Waals surface area contributed by atoms with E-state index in [-0.39, 0.29) is 11.9 Å². The number of aromatic nitrogens is 1. The summed E-state index contributed by atoms with van der Waals surface area (Å²) < 4.78 is 5.05. The summed E-state index contributed by atoms with van der Waals surface area (Å²) in [6.07, 6.45) is 1.03. The summed E-state index contributed by atoms with van der Waals surface area (Å²) in [5, 5.41) is 9.76. The van der Waals surface area contributed by atoms with E-state index in [1.807, 2.05) is 13.8 Å². The maximum Gasteiger partial charge on any atom is 0.244 e. The molecule has 1 aliphatic rings. The second-order valence-electron chi connectivity index (χ2n) is 4.41. The summed E-state index contributed by atoms with van der Waals surface area (Å²) in [6.45, 7) is 6.70. The number of anilines is 1. The van der Waals surface area contributed by atoms with Gasteiger partial charge in [0.1, 0.15) is 0 Å². The van der Waals surface area contributed by atoms with Gasteiger partial charge in [0.2, 0.25) is 11.8 Å². The largest absolute Gasteiger partial charge is 0.338 e. The van der Waals surface area contributed by atoms with Gasteiger partial charge in [-0.05, 0) is 32.7 Å². The second kappa shape index (κ2) is 4.25. The maximum atomic E-state index is 11.9. The van der Waals surface area contributed by atoms with Crippen LogP contribution in [0.3, 0.4) is 0 Å². The van der Waals surface area contributed by atoms with Crippen LogP contribution in [-0.4, -0.2) is 23.7 Å². The van der Waals surface area contributed by atoms with Crippen molar-refractivity contribution in [2.75, 3.05) is 11.9 Å². The van der Waals surface area contributed by atoms with Crippen LogP contribution in [0.4, 0.5) is 5.88 Å². The molecule has 0 radical (unpaired) electrons. The third-order valence-corrected chi connectivity index (χ3v) is 3.21. The average Bonchev–Trinajstić information content (AvgIpc) is 2.79. The molecule has 0 spiro atoms. The van der Waals surface area contributed by atoms with Gasteiger partial charge in [-0.1, -0.05) is 12.1 Å². The van der Waals surface area contributed by atoms with Crippen molar-refractivity contribution in [1.29, 1.82) is 0 Å². The van der Waals surface area contributed by atoms with E-state index in [0.717, 1.165) is 24.2 Å². The minimum absolute atomic E-state index is 0.0377. The molecule has 1 saturated heterocycles. The fourth-order valence-electron chi connectivity index (χ4n) is 1.91. The number of aryl methyl sites for hydroxylation is 1. The molecule has 0 saturated carbocycles. The molecule has 1 aromatic rings. The Kier molecular flexibility index (Phi) is 2.96. The average molecular weight is 223 g/mol. The molecule has 5 heteroatoms. The Morgan fingerprint density at radius 1 is 1.56 bits per heavy atom. The fraction of sp³-hybridized carbons (Fsp3) is 0.636. The topological polar surface area (TPSA) is 67.2 Å². The number of hydrogen-bond acceptors (Lipinski definition) is 4. The normalized spacial score (nSPS) is 24.7. The zero-order valence-electron chi connectivity index (χ0n) is 9.83. The van der Waals surface area contributed by atoms with Gasteiger partial charge in [-0.2, -0.15) is 0 Å². The van der Waals surface area contributed by atoms with E-state index in [2.05, 4.69) is 22.7 Å². The van der Waals surface area contributed by atoms with Gasteiger partial charge in [-0.25, -0.2) is 0 Å². The van der Waals surface area contributed by atoms with Crippen molar-refractivity contribution >= 4 is 11.8 Å². The molecule has 2 atom stereocenters. The fourth-order valence-corrected chi connectivity index (χ4v) is 1.91. The van der Waals surface area contributed by atoms with E-state index < -0.39 is 0 Å². The lowest BCUT2D eigenvalue weighted by Gasteiger charge is -2.13. The number of amides is 1. The molecule has 88 valence electrons. The molecular weight excluding hydrogens is 206 g/mol. The molecule has 0 aliphatic carbocycles. The van der Waals surface area contributed by atoms with Gasteiger partial charge in [0.05, 0.1) is 11.7 Å². The highest BCUT2D eigenvalue weighted by Crippen LogP contribution is 2.20. The smallest absolute Gasteiger partial charge is 0.244 e. The highest BCUT2D eigenvalue weighted by molar-refractivity contribution is 5.94. The van der Waals surface area contributed by atoms with Crippen molar-refractivity contribution in [2.45, 2.75) is 33.2 Å². The second-order valence-corrected chi connectivity index (χ2v) is 4.41. The Morgan fingerprint density at radius 3 is 2.81 bits per heavy atom. The van der Waals surface area contributed by atoms with Crippen LogP contribution in [0, 0.1) is 19.8 Å². The van der Waals surface area contributed by atoms with Gasteiger partial charge >= 0.3 is 0 Å². The standard InChI is InChI=1S/C11H17N3O2/c1-6-4-5-12-9(6)10(15)13-11-7(2)8(3)14-16-11/h6,9,12H,4-5H2,1-3H3,(H,13,15). The quantitative estimate of drug-likeness (QED) is 0.791. The number of nitrogens with zero attached hydrogens (tertiary/aromatic N) is 1. The van der Waals surface area contributed by atoms with E-state index in [9.17, 15) is 4.79 Å². The monoisotopic (exact) mass is 223 g/mol. The van der Waals surface area contributed by atoms with Gasteiger partial charge in [0.15, 0.2) is 0 Å². The summed E-state index contributed by atoms with van der Waals surface area (Å²) in [7, 11) is 0. The van der Waals surface area contributed by atoms with Crippen molar-refractivity contribution in [2.24, 2.45) is 5.92 Å². The molecule has 2 rings (SSSR count). The lowest BCUT2D eigenvalue weighted by Crippen LogP contribution is -2.39. The SMILES string of the molecule is Cc1noc(NC(=O)C2NCCC2C)c1C. The first-order valence-corrected chi connectivity index (χ1v) is 5.56. The highest BCUT2D eigenvalue weighted by atomic mass is 16.5. The van der Waals surface area contributed by atoms with Crippen LogP contribution < -0.4 is 10.6 Å². The molecule has 1 aromatic heterocycles. The minimum atomic E-state index is -0.121. The van der Waals surface area contributed by atoms with Crippen molar-refractivity contribution in [1.82, 2.24) is 10.5 Å². The Balaban J connectivity index is 2.05. The van der Waals surface area contributed by atoms with Crippen molar-refractivity contribution in [3.8, 4) is 0 Å². The Morgan fingerprint density at radius 2 is 2.31 bits per heavy atom. The van der Waals surface area contributed by atoms with E-state index in [4.69, 9.17) is 4.52 Å². The summed E-state index contributed by atoms with van der Waals surface area (Å²) in [5.74, 6) is 0.789. The van der Waals surface area contributed by atoms with E-state index in [1.54, 1.807) is 0 Å². The summed E-state index contributed by atoms with van der Waals surface area (Å²) in [6, 6.07) is -0.121. The molecule has 2 N–H and O–H groups in total. The molecule has 0 bridgehead atoms. The minimum Gasteiger partial charge on any atom is -0.338 e. The summed E-state index contributed by atoms with van der Waals surface area (Å²) >= 11 is 0. The molecule has 1 amide bonds. The molecule has 5 nitrogen and oxygen atoms in total. The van der Waals surface area contributed by atoms with Gasteiger partial charge < -0.3 is 9.84 Å². The maximum absolute atomic E-state index is 11.9. The van der Waals surface area contributed by atoms with Crippen molar-refractivity contribution < 1.29 is 9.32 Å². The first kappa shape index (κ1) is 11.1. The van der Waals surface area contributed by atoms with Gasteiger partial charge in [0.25, 0.3) is 0 Å². The predicted octanol–water partition coefficient (Wildman–Crippen LogP) is 1.23. The molecule has 0 aromatic carbocycles. The van der Waals surface area contributed by atoms with E-state index in [1.165, 1.54) is 0 Å². The lowest BCUT2D eigenvalue weighted by molar-refractivity contribution is -0.118. The summed E-state index contributed by atoms with van der Waals surface area (Å²) in [4.78, 5) is 11.9. The van der Waals surface area contributed by atoms with Crippen molar-refractivity contribution in [3.05, 3.63) is 11.3 Å². The molecular formula is C11H17N3O2. The van der Waals surface area contributed by atoms with Crippen LogP contribution in [0.1, 0.15) is 24.6 Å². The number of carbonyl (C=O) groups excluding carboxylic acids is 1. The molecule has 2 heterocycles. The zero-order chi connectivity index (χ0) is 11.7. The van der Waals surface area contributed by atoms with Gasteiger partial charge in [-0.3, -0.25) is 10.1 Å². The summed E-state index contributed by atoms with van der Waals surface area (Å²) in [5.41, 5.74) is 1.70. The Bertz CT molecular complexity index is 400. The van der Waals surface area contributed by atoms with Crippen LogP contribution in [0.2, 0.25) is 0 Å². The molecule has 1 fully saturated rings. The zero-order valence-corrected chi connectivity index (χ0v) is 9.83. The van der Waals surface area contributed by atoms with E-state index >= 15 is 0 Å². The van der Waals surface area contributed by atoms with Crippen LogP contribution in [0.15, 0.2) is 4.52 Å². The first-order valence-electron chi connectivity index (χ1n) is 5.56. The lowest BCUT2D eigenvalue weighted by atomic mass is 10.0. The Labute approximate surface area is 94.6 Å². The van der Waals surface area contributed by atoms with Crippen LogP contribution in [-0.2, 0) is 4.79 Å². The molecule has 2 unspecified atom stereocenters. The van der Waals surface area contributed by atoms with Gasteiger partial charge in [-0.15, -0.1) is 0 Å². The molecule has 1 aliphatic heterocycles. The highest BCUT2D eigenvalue weighted by Gasteiger charge is 2.30. The molecule has 16 heavy (non-hydrogen) atoms. The van der Waals surface area contributed by atoms with Gasteiger partial charge in [0, 0.05) is 5.56 Å². The van der Waals surface area contributed by atoms with Crippen molar-refractivity contribution in [3.63, 3.8) is 0 Å². The van der Waals surface area contributed by atoms with E-state index in [0.29, 0.717) is 11.8 Å². The third-order valence-electron chi connectivity index (χ3n) is 3.21. The number of rotatable bonds is 2. The number of carbonyl (C=O) groups is 1. The third kappa shape index (κ3) is 1.95. The number of nitrogens with one attached hydrogen (secondary N) is 2. The first-order chi connectivity index (χ1) is 7.59. The van der Waals surface area contributed by atoms with Crippen LogP contribution >= 0.6 is 0 Å². The number of hydrogen-bond donors (Lipinski definition) is 2. The predicted molar refractivity (Wildman–Crippen MR) is 60.2 cm³/mol. The Hall–Kier alpha value is -1.36. The van der Waals surface area contributed by atoms with Crippen LogP contribution in [0.25, 0.3) is 0 Å².